The number of para-hydroxylation sites is 1. The number of benzene rings is 3. The van der Waals surface area contributed by atoms with E-state index in [0.29, 0.717) is 17.7 Å². The molecule has 4 nitrogen and oxygen atoms in total. The molecule has 1 aliphatic rings. The highest BCUT2D eigenvalue weighted by Crippen LogP contribution is 2.29. The maximum atomic E-state index is 13.0. The van der Waals surface area contributed by atoms with E-state index in [9.17, 15) is 9.59 Å². The highest BCUT2D eigenvalue weighted by Gasteiger charge is 2.25. The quantitative estimate of drug-likeness (QED) is 0.723. The SMILES string of the molecule is Cc1ccc(C)c(NC(=O)c2cccc(C(=O)N3CCc4ccccc43)c2)c1. The van der Waals surface area contributed by atoms with Gasteiger partial charge in [-0.15, -0.1) is 0 Å². The van der Waals surface area contributed by atoms with Crippen LogP contribution in [-0.4, -0.2) is 18.4 Å². The Kier molecular flexibility index (Phi) is 4.70. The highest BCUT2D eigenvalue weighted by molar-refractivity contribution is 6.10. The fraction of sp³-hybridized carbons (Fsp3) is 0.167. The molecule has 0 spiro atoms. The first kappa shape index (κ1) is 18.0. The van der Waals surface area contributed by atoms with Crippen molar-refractivity contribution in [2.45, 2.75) is 20.3 Å². The molecule has 28 heavy (non-hydrogen) atoms. The van der Waals surface area contributed by atoms with Crippen molar-refractivity contribution in [2.75, 3.05) is 16.8 Å². The summed E-state index contributed by atoms with van der Waals surface area (Å²) in [4.78, 5) is 27.6. The van der Waals surface area contributed by atoms with Gasteiger partial charge in [0.1, 0.15) is 0 Å². The molecule has 3 aromatic carbocycles. The number of carbonyl (C=O) groups is 2. The number of carbonyl (C=O) groups excluding carboxylic acids is 2. The van der Waals surface area contributed by atoms with E-state index < -0.39 is 0 Å². The van der Waals surface area contributed by atoms with Gasteiger partial charge < -0.3 is 10.2 Å². The number of amides is 2. The molecule has 3 aromatic rings. The minimum absolute atomic E-state index is 0.0775. The lowest BCUT2D eigenvalue weighted by Crippen LogP contribution is -2.29. The number of nitrogens with zero attached hydrogens (tertiary/aromatic N) is 1. The second-order valence-electron chi connectivity index (χ2n) is 7.19. The van der Waals surface area contributed by atoms with E-state index in [2.05, 4.69) is 11.4 Å². The second-order valence-corrected chi connectivity index (χ2v) is 7.19. The molecule has 0 saturated carbocycles. The van der Waals surface area contributed by atoms with Crippen LogP contribution >= 0.6 is 0 Å². The number of hydrogen-bond acceptors (Lipinski definition) is 2. The maximum absolute atomic E-state index is 13.0. The summed E-state index contributed by atoms with van der Waals surface area (Å²) in [7, 11) is 0. The summed E-state index contributed by atoms with van der Waals surface area (Å²) in [6, 6.07) is 20.8. The van der Waals surface area contributed by atoms with Gasteiger partial charge in [-0.2, -0.15) is 0 Å². The van der Waals surface area contributed by atoms with E-state index in [0.717, 1.165) is 28.9 Å². The summed E-state index contributed by atoms with van der Waals surface area (Å²) in [5.74, 6) is -0.295. The third-order valence-electron chi connectivity index (χ3n) is 5.15. The Morgan fingerprint density at radius 2 is 1.68 bits per heavy atom. The lowest BCUT2D eigenvalue weighted by atomic mass is 10.1. The number of fused-ring (bicyclic) bond motifs is 1. The van der Waals surface area contributed by atoms with E-state index in [1.807, 2.05) is 50.2 Å². The molecule has 0 unspecified atom stereocenters. The van der Waals surface area contributed by atoms with Crippen molar-refractivity contribution < 1.29 is 9.59 Å². The Morgan fingerprint density at radius 1 is 0.893 bits per heavy atom. The Hall–Kier alpha value is -3.40. The summed E-state index contributed by atoms with van der Waals surface area (Å²) in [5, 5.41) is 2.95. The Bertz CT molecular complexity index is 1070. The van der Waals surface area contributed by atoms with Crippen LogP contribution in [0.25, 0.3) is 0 Å². The van der Waals surface area contributed by atoms with E-state index in [1.54, 1.807) is 29.2 Å². The van der Waals surface area contributed by atoms with Crippen molar-refractivity contribution in [3.63, 3.8) is 0 Å². The van der Waals surface area contributed by atoms with Crippen molar-refractivity contribution in [3.05, 3.63) is 94.5 Å². The molecule has 1 N–H and O–H groups in total. The lowest BCUT2D eigenvalue weighted by Gasteiger charge is -2.18. The standard InChI is InChI=1S/C24H22N2O2/c1-16-10-11-17(2)21(14-16)25-23(27)19-7-5-8-20(15-19)24(28)26-13-12-18-6-3-4-9-22(18)26/h3-11,14-15H,12-13H2,1-2H3,(H,25,27). The molecule has 0 saturated heterocycles. The van der Waals surface area contributed by atoms with E-state index in [4.69, 9.17) is 0 Å². The fourth-order valence-electron chi connectivity index (χ4n) is 3.56. The zero-order chi connectivity index (χ0) is 19.7. The number of hydrogen-bond donors (Lipinski definition) is 1. The third-order valence-corrected chi connectivity index (χ3v) is 5.15. The molecule has 2 amide bonds. The molecular formula is C24H22N2O2. The van der Waals surface area contributed by atoms with Gasteiger partial charge in [-0.05, 0) is 67.3 Å². The van der Waals surface area contributed by atoms with Crippen molar-refractivity contribution in [1.29, 1.82) is 0 Å². The number of nitrogens with one attached hydrogen (secondary N) is 1. The monoisotopic (exact) mass is 370 g/mol. The van der Waals surface area contributed by atoms with E-state index in [1.165, 1.54) is 5.56 Å². The first-order valence-electron chi connectivity index (χ1n) is 9.41. The Morgan fingerprint density at radius 3 is 2.54 bits per heavy atom. The topological polar surface area (TPSA) is 49.4 Å². The molecule has 0 fully saturated rings. The minimum Gasteiger partial charge on any atom is -0.322 e. The van der Waals surface area contributed by atoms with Gasteiger partial charge >= 0.3 is 0 Å². The molecule has 0 aliphatic carbocycles. The Labute approximate surface area is 164 Å². The van der Waals surface area contributed by atoms with Crippen LogP contribution in [0.4, 0.5) is 11.4 Å². The van der Waals surface area contributed by atoms with Gasteiger partial charge in [-0.25, -0.2) is 0 Å². The number of aryl methyl sites for hydroxylation is 2. The van der Waals surface area contributed by atoms with Crippen LogP contribution in [0, 0.1) is 13.8 Å². The summed E-state index contributed by atoms with van der Waals surface area (Å²) in [6.07, 6.45) is 0.856. The van der Waals surface area contributed by atoms with Crippen LogP contribution in [0.15, 0.2) is 66.7 Å². The fourth-order valence-corrected chi connectivity index (χ4v) is 3.56. The molecule has 140 valence electrons. The average molecular weight is 370 g/mol. The molecule has 1 aliphatic heterocycles. The summed E-state index contributed by atoms with van der Waals surface area (Å²) < 4.78 is 0. The highest BCUT2D eigenvalue weighted by atomic mass is 16.2. The summed E-state index contributed by atoms with van der Waals surface area (Å²) in [6.45, 7) is 4.61. The first-order valence-corrected chi connectivity index (χ1v) is 9.41. The van der Waals surface area contributed by atoms with Gasteiger partial charge in [-0.1, -0.05) is 36.4 Å². The normalized spacial score (nSPS) is 12.6. The first-order chi connectivity index (χ1) is 13.5. The maximum Gasteiger partial charge on any atom is 0.258 e. The average Bonchev–Trinajstić information content (AvgIpc) is 3.14. The van der Waals surface area contributed by atoms with Crippen LogP contribution in [0.5, 0.6) is 0 Å². The molecule has 1 heterocycles. The van der Waals surface area contributed by atoms with Crippen LogP contribution in [0.3, 0.4) is 0 Å². The van der Waals surface area contributed by atoms with Crippen molar-refractivity contribution in [1.82, 2.24) is 0 Å². The predicted molar refractivity (Wildman–Crippen MR) is 112 cm³/mol. The van der Waals surface area contributed by atoms with E-state index >= 15 is 0 Å². The van der Waals surface area contributed by atoms with Gasteiger partial charge in [0.25, 0.3) is 11.8 Å². The zero-order valence-corrected chi connectivity index (χ0v) is 16.0. The van der Waals surface area contributed by atoms with Crippen molar-refractivity contribution in [2.24, 2.45) is 0 Å². The van der Waals surface area contributed by atoms with E-state index in [-0.39, 0.29) is 11.8 Å². The molecular weight excluding hydrogens is 348 g/mol. The van der Waals surface area contributed by atoms with Crippen molar-refractivity contribution in [3.8, 4) is 0 Å². The zero-order valence-electron chi connectivity index (χ0n) is 16.0. The predicted octanol–water partition coefficient (Wildman–Crippen LogP) is 4.76. The van der Waals surface area contributed by atoms with Crippen molar-refractivity contribution >= 4 is 23.2 Å². The van der Waals surface area contributed by atoms with Crippen LogP contribution < -0.4 is 10.2 Å². The number of anilines is 2. The molecule has 0 aromatic heterocycles. The third kappa shape index (κ3) is 3.41. The van der Waals surface area contributed by atoms with Gasteiger partial charge in [0, 0.05) is 29.0 Å². The number of rotatable bonds is 3. The molecule has 4 rings (SSSR count). The van der Waals surface area contributed by atoms with Crippen LogP contribution in [0.2, 0.25) is 0 Å². The molecule has 0 bridgehead atoms. The molecule has 0 atom stereocenters. The van der Waals surface area contributed by atoms with Gasteiger partial charge in [-0.3, -0.25) is 9.59 Å². The summed E-state index contributed by atoms with van der Waals surface area (Å²) >= 11 is 0. The molecule has 4 heteroatoms. The van der Waals surface area contributed by atoms with Crippen LogP contribution in [0.1, 0.15) is 37.4 Å². The van der Waals surface area contributed by atoms with Gasteiger partial charge in [0.05, 0.1) is 0 Å². The lowest BCUT2D eigenvalue weighted by molar-refractivity contribution is 0.0989. The van der Waals surface area contributed by atoms with Crippen LogP contribution in [-0.2, 0) is 6.42 Å². The largest absolute Gasteiger partial charge is 0.322 e. The minimum atomic E-state index is -0.217. The van der Waals surface area contributed by atoms with Gasteiger partial charge in [0.15, 0.2) is 0 Å². The Balaban J connectivity index is 1.57. The smallest absolute Gasteiger partial charge is 0.258 e. The van der Waals surface area contributed by atoms with Gasteiger partial charge in [0.2, 0.25) is 0 Å². The second kappa shape index (κ2) is 7.31. The summed E-state index contributed by atoms with van der Waals surface area (Å²) in [5.41, 5.74) is 5.99. The molecule has 0 radical (unpaired) electrons.